The minimum absolute atomic E-state index is 0. The number of rotatable bonds is 3. The van der Waals surface area contributed by atoms with E-state index in [0.717, 1.165) is 27.5 Å². The van der Waals surface area contributed by atoms with Gasteiger partial charge >= 0.3 is 0 Å². The maximum absolute atomic E-state index is 8.30. The number of benzene rings is 2. The standard InChI is InChI=1S/C23H22NO.Ir/c1-14(2)16-8-9-18-19-6-5-7-20(23(19)25-22(18)13-16)21-12-17(15(3)4)10-11-24-21;/h5-6,8-15H,1-4H3;/q-1;/i11D,14D,15D;. The summed E-state index contributed by atoms with van der Waals surface area (Å²) >= 11 is 0. The first-order valence-electron chi connectivity index (χ1n) is 9.91. The van der Waals surface area contributed by atoms with Crippen LogP contribution in [0.25, 0.3) is 33.2 Å². The summed E-state index contributed by atoms with van der Waals surface area (Å²) < 4.78 is 30.8. The quantitative estimate of drug-likeness (QED) is 0.280. The van der Waals surface area contributed by atoms with Gasteiger partial charge in [-0.15, -0.1) is 18.2 Å². The Morgan fingerprint density at radius 2 is 1.73 bits per heavy atom. The van der Waals surface area contributed by atoms with Crippen LogP contribution in [0.1, 0.15) is 54.7 Å². The summed E-state index contributed by atoms with van der Waals surface area (Å²) in [6.07, 6.45) is 0.118. The second-order valence-electron chi connectivity index (χ2n) is 6.78. The van der Waals surface area contributed by atoms with Crippen LogP contribution in [0.3, 0.4) is 0 Å². The van der Waals surface area contributed by atoms with Gasteiger partial charge in [0.15, 0.2) is 0 Å². The molecule has 0 saturated carbocycles. The van der Waals surface area contributed by atoms with Crippen LogP contribution in [0.2, 0.25) is 0 Å². The maximum atomic E-state index is 8.30. The van der Waals surface area contributed by atoms with Gasteiger partial charge in [-0.2, -0.15) is 0 Å². The van der Waals surface area contributed by atoms with Crippen molar-refractivity contribution < 1.29 is 28.6 Å². The number of hydrogen-bond donors (Lipinski definition) is 0. The van der Waals surface area contributed by atoms with Crippen molar-refractivity contribution in [1.82, 2.24) is 4.98 Å². The van der Waals surface area contributed by atoms with Crippen LogP contribution in [-0.2, 0) is 20.1 Å². The number of hydrogen-bond acceptors (Lipinski definition) is 2. The zero-order valence-electron chi connectivity index (χ0n) is 18.2. The van der Waals surface area contributed by atoms with Crippen LogP contribution in [0.15, 0.2) is 53.1 Å². The molecule has 0 spiro atoms. The largest absolute Gasteiger partial charge is 0.501 e. The van der Waals surface area contributed by atoms with E-state index >= 15 is 0 Å². The molecule has 0 aliphatic heterocycles. The van der Waals surface area contributed by atoms with Crippen LogP contribution in [0.5, 0.6) is 0 Å². The van der Waals surface area contributed by atoms with Crippen molar-refractivity contribution in [2.45, 2.75) is 39.5 Å². The molecule has 0 unspecified atom stereocenters. The molecule has 2 heterocycles. The molecule has 0 atom stereocenters. The summed E-state index contributed by atoms with van der Waals surface area (Å²) in [7, 11) is 0. The van der Waals surface area contributed by atoms with Crippen LogP contribution >= 0.6 is 0 Å². The molecule has 2 nitrogen and oxygen atoms in total. The molecule has 2 aromatic heterocycles. The molecule has 0 saturated heterocycles. The van der Waals surface area contributed by atoms with Crippen molar-refractivity contribution >= 4 is 21.9 Å². The van der Waals surface area contributed by atoms with Gasteiger partial charge in [0.1, 0.15) is 5.58 Å². The van der Waals surface area contributed by atoms with Gasteiger partial charge in [0.25, 0.3) is 0 Å². The SMILES string of the molecule is [2H]c1cc(C([2H])(C)C)cc(-c2[c-]ccc3c2oc2cc(C([2H])(C)C)ccc23)n1.[Ir]. The van der Waals surface area contributed by atoms with Gasteiger partial charge in [-0.3, -0.25) is 0 Å². The number of nitrogens with zero attached hydrogens (tertiary/aromatic N) is 1. The van der Waals surface area contributed by atoms with Gasteiger partial charge in [-0.05, 0) is 35.2 Å². The molecule has 0 N–H and O–H groups in total. The Kier molecular flexibility index (Phi) is 4.27. The summed E-state index contributed by atoms with van der Waals surface area (Å²) in [5.41, 5.74) is 4.24. The van der Waals surface area contributed by atoms with E-state index in [0.29, 0.717) is 16.8 Å². The van der Waals surface area contributed by atoms with E-state index < -0.39 is 11.8 Å². The smallest absolute Gasteiger partial charge is 0.121 e. The zero-order valence-corrected chi connectivity index (χ0v) is 17.6. The molecule has 0 bridgehead atoms. The van der Waals surface area contributed by atoms with Gasteiger partial charge < -0.3 is 9.40 Å². The molecule has 26 heavy (non-hydrogen) atoms. The summed E-state index contributed by atoms with van der Waals surface area (Å²) in [5.74, 6) is -1.54. The molecule has 0 aliphatic carbocycles. The Morgan fingerprint density at radius 1 is 1.00 bits per heavy atom. The van der Waals surface area contributed by atoms with Crippen molar-refractivity contribution in [3.63, 3.8) is 0 Å². The first-order valence-corrected chi connectivity index (χ1v) is 8.41. The minimum atomic E-state index is -0.829. The minimum Gasteiger partial charge on any atom is -0.501 e. The zero-order chi connectivity index (χ0) is 20.3. The molecule has 3 heteroatoms. The van der Waals surface area contributed by atoms with Crippen LogP contribution < -0.4 is 0 Å². The molecule has 2 aromatic carbocycles. The summed E-state index contributed by atoms with van der Waals surface area (Å²) in [4.78, 5) is 4.36. The summed E-state index contributed by atoms with van der Waals surface area (Å²) in [6, 6.07) is 16.3. The van der Waals surface area contributed by atoms with Gasteiger partial charge in [0.05, 0.1) is 6.95 Å². The van der Waals surface area contributed by atoms with Gasteiger partial charge in [0.2, 0.25) is 0 Å². The number of pyridine rings is 1. The van der Waals surface area contributed by atoms with Crippen molar-refractivity contribution in [2.24, 2.45) is 0 Å². The predicted molar refractivity (Wildman–Crippen MR) is 104 cm³/mol. The fourth-order valence-corrected chi connectivity index (χ4v) is 3.05. The van der Waals surface area contributed by atoms with E-state index in [-0.39, 0.29) is 26.3 Å². The monoisotopic (exact) mass is 524 g/mol. The topological polar surface area (TPSA) is 26.0 Å². The fraction of sp³-hybridized carbons (Fsp3) is 0.261. The van der Waals surface area contributed by atoms with Gasteiger partial charge in [0, 0.05) is 34.4 Å². The van der Waals surface area contributed by atoms with Crippen molar-refractivity contribution in [1.29, 1.82) is 0 Å². The van der Waals surface area contributed by atoms with Crippen molar-refractivity contribution in [2.75, 3.05) is 0 Å². The first-order chi connectivity index (χ1) is 13.0. The molecular weight excluding hydrogens is 498 g/mol. The molecule has 135 valence electrons. The molecule has 0 amide bonds. The Balaban J connectivity index is 0.00000240. The third-order valence-electron chi connectivity index (χ3n) is 4.54. The van der Waals surface area contributed by atoms with Gasteiger partial charge in [-0.1, -0.05) is 62.4 Å². The molecule has 0 aliphatic rings. The van der Waals surface area contributed by atoms with E-state index in [1.165, 1.54) is 0 Å². The maximum Gasteiger partial charge on any atom is 0.121 e. The Labute approximate surface area is 172 Å². The van der Waals surface area contributed by atoms with Crippen molar-refractivity contribution in [3.8, 4) is 11.3 Å². The van der Waals surface area contributed by atoms with E-state index in [4.69, 9.17) is 8.53 Å². The third-order valence-corrected chi connectivity index (χ3v) is 4.54. The predicted octanol–water partition coefficient (Wildman–Crippen LogP) is 6.69. The Hall–Kier alpha value is -1.96. The average molecular weight is 524 g/mol. The summed E-state index contributed by atoms with van der Waals surface area (Å²) in [6.45, 7) is 7.29. The molecule has 0 fully saturated rings. The Morgan fingerprint density at radius 3 is 2.46 bits per heavy atom. The third kappa shape index (κ3) is 3.22. The average Bonchev–Trinajstić information content (AvgIpc) is 2.97. The second kappa shape index (κ2) is 7.34. The Bertz CT molecular complexity index is 1200. The molecule has 4 rings (SSSR count). The normalized spacial score (nSPS) is 13.9. The van der Waals surface area contributed by atoms with E-state index in [1.54, 1.807) is 19.9 Å². The van der Waals surface area contributed by atoms with Crippen molar-refractivity contribution in [3.05, 3.63) is 65.8 Å². The van der Waals surface area contributed by atoms with Crippen LogP contribution in [0.4, 0.5) is 0 Å². The molecule has 1 radical (unpaired) electrons. The van der Waals surface area contributed by atoms with Crippen LogP contribution in [0, 0.1) is 6.07 Å². The van der Waals surface area contributed by atoms with E-state index in [1.807, 2.05) is 50.2 Å². The number of fused-ring (bicyclic) bond motifs is 3. The molecular formula is C23H22IrNO-. The number of furan rings is 1. The van der Waals surface area contributed by atoms with E-state index in [2.05, 4.69) is 11.1 Å². The number of aromatic nitrogens is 1. The van der Waals surface area contributed by atoms with Crippen LogP contribution in [-0.4, -0.2) is 4.98 Å². The summed E-state index contributed by atoms with van der Waals surface area (Å²) in [5, 5.41) is 1.92. The second-order valence-corrected chi connectivity index (χ2v) is 6.78. The van der Waals surface area contributed by atoms with E-state index in [9.17, 15) is 0 Å². The fourth-order valence-electron chi connectivity index (χ4n) is 3.05. The van der Waals surface area contributed by atoms with Gasteiger partial charge in [-0.25, -0.2) is 0 Å². The molecule has 4 aromatic rings. The first kappa shape index (κ1) is 15.1.